The highest BCUT2D eigenvalue weighted by Gasteiger charge is 2.37. The van der Waals surface area contributed by atoms with Gasteiger partial charge >= 0.3 is 0 Å². The van der Waals surface area contributed by atoms with Crippen molar-refractivity contribution in [3.8, 4) is 0 Å². The Morgan fingerprint density at radius 1 is 0.533 bits per heavy atom. The van der Waals surface area contributed by atoms with Crippen LogP contribution in [0.5, 0.6) is 0 Å². The lowest BCUT2D eigenvalue weighted by atomic mass is 10.3. The molecule has 2 aromatic rings. The van der Waals surface area contributed by atoms with Gasteiger partial charge < -0.3 is 0 Å². The van der Waals surface area contributed by atoms with Crippen LogP contribution in [0.25, 0.3) is 0 Å². The van der Waals surface area contributed by atoms with Gasteiger partial charge in [-0.1, -0.05) is 0 Å². The summed E-state index contributed by atoms with van der Waals surface area (Å²) in [6.07, 6.45) is 0. The second-order valence-corrected chi connectivity index (χ2v) is 9.97. The second kappa shape index (κ2) is 7.83. The van der Waals surface area contributed by atoms with Gasteiger partial charge in [-0.05, 0) is 24.3 Å². The molecule has 1 fully saturated rings. The molecule has 0 spiro atoms. The van der Waals surface area contributed by atoms with Gasteiger partial charge in [0.25, 0.3) is 0 Å². The van der Waals surface area contributed by atoms with Crippen LogP contribution in [0.4, 0.5) is 26.3 Å². The first-order chi connectivity index (χ1) is 13.9. The summed E-state index contributed by atoms with van der Waals surface area (Å²) in [5.74, 6) is -11.0. The Bertz CT molecular complexity index is 1120. The van der Waals surface area contributed by atoms with Gasteiger partial charge in [-0.3, -0.25) is 0 Å². The van der Waals surface area contributed by atoms with Crippen LogP contribution >= 0.6 is 0 Å². The summed E-state index contributed by atoms with van der Waals surface area (Å²) in [6.45, 7) is -2.15. The number of sulfonamides is 2. The number of piperazine rings is 1. The number of rotatable bonds is 4. The maximum atomic E-state index is 13.9. The third kappa shape index (κ3) is 3.68. The normalized spacial score (nSPS) is 16.7. The van der Waals surface area contributed by atoms with E-state index in [1.807, 2.05) is 0 Å². The fourth-order valence-electron chi connectivity index (χ4n) is 2.84. The molecule has 3 rings (SSSR count). The standard InChI is InChI=1S/C16H12F6N2O4S2/c17-9-1-3-11(15(21)13(9)19)29(25,26)23-5-7-24(8-6-23)30(27,28)12-4-2-10(18)14(20)16(12)22/h1-4H,5-8H2. The van der Waals surface area contributed by atoms with E-state index in [0.29, 0.717) is 32.9 Å². The molecule has 1 saturated heterocycles. The molecular weight excluding hydrogens is 462 g/mol. The predicted molar refractivity (Wildman–Crippen MR) is 90.1 cm³/mol. The van der Waals surface area contributed by atoms with Crippen LogP contribution in [-0.2, 0) is 20.0 Å². The maximum absolute atomic E-state index is 13.9. The maximum Gasteiger partial charge on any atom is 0.246 e. The van der Waals surface area contributed by atoms with E-state index in [1.54, 1.807) is 0 Å². The van der Waals surface area contributed by atoms with Gasteiger partial charge in [-0.25, -0.2) is 43.2 Å². The zero-order chi connectivity index (χ0) is 22.4. The molecule has 164 valence electrons. The van der Waals surface area contributed by atoms with Crippen molar-refractivity contribution >= 4 is 20.0 Å². The number of hydrogen-bond acceptors (Lipinski definition) is 4. The fraction of sp³-hybridized carbons (Fsp3) is 0.250. The second-order valence-electron chi connectivity index (χ2n) is 6.16. The van der Waals surface area contributed by atoms with Crippen LogP contribution in [0.3, 0.4) is 0 Å². The van der Waals surface area contributed by atoms with Crippen LogP contribution in [0.2, 0.25) is 0 Å². The Labute approximate surface area is 167 Å². The summed E-state index contributed by atoms with van der Waals surface area (Å²) < 4.78 is 132. The molecule has 0 aliphatic carbocycles. The monoisotopic (exact) mass is 474 g/mol. The Kier molecular flexibility index (Phi) is 5.88. The average molecular weight is 474 g/mol. The van der Waals surface area contributed by atoms with Crippen molar-refractivity contribution in [2.75, 3.05) is 26.2 Å². The van der Waals surface area contributed by atoms with Crippen LogP contribution < -0.4 is 0 Å². The highest BCUT2D eigenvalue weighted by Crippen LogP contribution is 2.27. The highest BCUT2D eigenvalue weighted by atomic mass is 32.2. The number of hydrogen-bond donors (Lipinski definition) is 0. The van der Waals surface area contributed by atoms with E-state index in [1.165, 1.54) is 0 Å². The van der Waals surface area contributed by atoms with E-state index in [4.69, 9.17) is 0 Å². The molecular formula is C16H12F6N2O4S2. The zero-order valence-corrected chi connectivity index (χ0v) is 16.4. The Balaban J connectivity index is 1.84. The number of nitrogens with zero attached hydrogens (tertiary/aromatic N) is 2. The van der Waals surface area contributed by atoms with Gasteiger partial charge in [0.15, 0.2) is 34.9 Å². The van der Waals surface area contributed by atoms with Crippen LogP contribution in [0.1, 0.15) is 0 Å². The van der Waals surface area contributed by atoms with Crippen LogP contribution in [0, 0.1) is 34.9 Å². The van der Waals surface area contributed by atoms with Crippen molar-refractivity contribution < 1.29 is 43.2 Å². The minimum Gasteiger partial charge on any atom is -0.207 e. The summed E-state index contributed by atoms with van der Waals surface area (Å²) in [5, 5.41) is 0. The SMILES string of the molecule is O=S(=O)(c1ccc(F)c(F)c1F)N1CCN(S(=O)(=O)c2ccc(F)c(F)c2F)CC1. The lowest BCUT2D eigenvalue weighted by molar-refractivity contribution is 0.270. The van der Waals surface area contributed by atoms with Gasteiger partial charge in [0.05, 0.1) is 0 Å². The molecule has 0 aromatic heterocycles. The van der Waals surface area contributed by atoms with Gasteiger partial charge in [-0.2, -0.15) is 8.61 Å². The first-order valence-corrected chi connectivity index (χ1v) is 11.0. The van der Waals surface area contributed by atoms with Crippen LogP contribution in [-0.4, -0.2) is 51.6 Å². The lowest BCUT2D eigenvalue weighted by Gasteiger charge is -2.33. The number of halogens is 6. The quantitative estimate of drug-likeness (QED) is 0.503. The largest absolute Gasteiger partial charge is 0.246 e. The molecule has 0 unspecified atom stereocenters. The average Bonchev–Trinajstić information content (AvgIpc) is 2.70. The molecule has 0 saturated carbocycles. The van der Waals surface area contributed by atoms with Gasteiger partial charge in [-0.15, -0.1) is 0 Å². The molecule has 0 atom stereocenters. The van der Waals surface area contributed by atoms with E-state index in [2.05, 4.69) is 0 Å². The van der Waals surface area contributed by atoms with Crippen molar-refractivity contribution in [3.05, 3.63) is 59.2 Å². The first kappa shape index (κ1) is 22.5. The highest BCUT2D eigenvalue weighted by molar-refractivity contribution is 7.89. The summed E-state index contributed by atoms with van der Waals surface area (Å²) >= 11 is 0. The molecule has 2 aromatic carbocycles. The molecule has 0 amide bonds. The van der Waals surface area contributed by atoms with E-state index >= 15 is 0 Å². The molecule has 0 bridgehead atoms. The molecule has 0 N–H and O–H groups in total. The summed E-state index contributed by atoms with van der Waals surface area (Å²) in [5.41, 5.74) is 0. The third-order valence-electron chi connectivity index (χ3n) is 4.43. The van der Waals surface area contributed by atoms with Gasteiger partial charge in [0.1, 0.15) is 9.79 Å². The molecule has 1 aliphatic heterocycles. The predicted octanol–water partition coefficient (Wildman–Crippen LogP) is 2.22. The van der Waals surface area contributed by atoms with Crippen molar-refractivity contribution in [1.29, 1.82) is 0 Å². The van der Waals surface area contributed by atoms with Crippen molar-refractivity contribution in [2.24, 2.45) is 0 Å². The van der Waals surface area contributed by atoms with E-state index < -0.39 is 90.9 Å². The summed E-state index contributed by atoms with van der Waals surface area (Å²) in [4.78, 5) is -2.27. The summed E-state index contributed by atoms with van der Waals surface area (Å²) in [7, 11) is -9.28. The fourth-order valence-corrected chi connectivity index (χ4v) is 5.80. The first-order valence-electron chi connectivity index (χ1n) is 8.16. The van der Waals surface area contributed by atoms with Crippen LogP contribution in [0.15, 0.2) is 34.1 Å². The van der Waals surface area contributed by atoms with Crippen molar-refractivity contribution in [1.82, 2.24) is 8.61 Å². The Morgan fingerprint density at radius 3 is 1.13 bits per heavy atom. The topological polar surface area (TPSA) is 74.8 Å². The molecule has 14 heteroatoms. The minimum atomic E-state index is -4.64. The molecule has 0 radical (unpaired) electrons. The van der Waals surface area contributed by atoms with E-state index in [0.717, 1.165) is 0 Å². The summed E-state index contributed by atoms with van der Waals surface area (Å²) in [6, 6.07) is 1.92. The zero-order valence-electron chi connectivity index (χ0n) is 14.7. The lowest BCUT2D eigenvalue weighted by Crippen LogP contribution is -2.50. The van der Waals surface area contributed by atoms with Gasteiger partial charge in [0, 0.05) is 26.2 Å². The molecule has 1 aliphatic rings. The van der Waals surface area contributed by atoms with Crippen molar-refractivity contribution in [3.63, 3.8) is 0 Å². The number of benzene rings is 2. The minimum absolute atomic E-state index is 0.428. The molecule has 6 nitrogen and oxygen atoms in total. The van der Waals surface area contributed by atoms with E-state index in [-0.39, 0.29) is 0 Å². The van der Waals surface area contributed by atoms with Crippen molar-refractivity contribution in [2.45, 2.75) is 9.79 Å². The smallest absolute Gasteiger partial charge is 0.207 e. The third-order valence-corrected chi connectivity index (χ3v) is 8.26. The molecule has 1 heterocycles. The Hall–Kier alpha value is -2.16. The molecule has 30 heavy (non-hydrogen) atoms. The van der Waals surface area contributed by atoms with Gasteiger partial charge in [0.2, 0.25) is 20.0 Å². The van der Waals surface area contributed by atoms with E-state index in [9.17, 15) is 43.2 Å². The Morgan fingerprint density at radius 2 is 0.833 bits per heavy atom.